The number of rotatable bonds is 3. The largest absolute Gasteiger partial charge is 0.279 e. The van der Waals surface area contributed by atoms with Gasteiger partial charge in [0.05, 0.1) is 5.69 Å². The first-order valence-corrected chi connectivity index (χ1v) is 9.02. The van der Waals surface area contributed by atoms with E-state index in [1.807, 2.05) is 43.3 Å². The van der Waals surface area contributed by atoms with E-state index in [0.717, 1.165) is 16.3 Å². The number of halogens is 1. The highest BCUT2D eigenvalue weighted by Gasteiger charge is 2.18. The Morgan fingerprint density at radius 3 is 2.45 bits per heavy atom. The molecule has 3 aromatic rings. The summed E-state index contributed by atoms with van der Waals surface area (Å²) < 4.78 is 28.5. The molecule has 0 atom stereocenters. The molecule has 3 nitrogen and oxygen atoms in total. The average molecular weight is 376 g/mol. The maximum Gasteiger partial charge on any atom is 0.263 e. The third kappa shape index (κ3) is 2.87. The molecule has 0 aliphatic heterocycles. The quantitative estimate of drug-likeness (QED) is 0.720. The number of benzene rings is 3. The second-order valence-corrected chi connectivity index (χ2v) is 7.57. The first-order chi connectivity index (χ1) is 10.5. The third-order valence-corrected chi connectivity index (χ3v) is 5.75. The predicted octanol–water partition coefficient (Wildman–Crippen LogP) is 4.71. The van der Waals surface area contributed by atoms with Crippen LogP contribution >= 0.6 is 15.9 Å². The molecular weight excluding hydrogens is 362 g/mol. The van der Waals surface area contributed by atoms with Gasteiger partial charge in [-0.05, 0) is 52.0 Å². The van der Waals surface area contributed by atoms with Gasteiger partial charge in [-0.2, -0.15) is 0 Å². The molecule has 0 saturated carbocycles. The molecule has 0 saturated heterocycles. The summed E-state index contributed by atoms with van der Waals surface area (Å²) in [7, 11) is -3.65. The van der Waals surface area contributed by atoms with Crippen LogP contribution in [0.3, 0.4) is 0 Å². The van der Waals surface area contributed by atoms with Gasteiger partial charge < -0.3 is 0 Å². The number of hydrogen-bond donors (Lipinski definition) is 1. The highest BCUT2D eigenvalue weighted by atomic mass is 79.9. The molecule has 0 fully saturated rings. The van der Waals surface area contributed by atoms with Gasteiger partial charge in [-0.3, -0.25) is 4.72 Å². The Morgan fingerprint density at radius 1 is 0.955 bits per heavy atom. The standard InChI is InChI=1S/C17H14BrNO2S/c1-12-9-10-17(15(18)11-12)22(20,21)19-16-8-4-6-13-5-2-3-7-14(13)16/h2-11,19H,1H3. The monoisotopic (exact) mass is 375 g/mol. The van der Waals surface area contributed by atoms with Gasteiger partial charge in [0.15, 0.2) is 0 Å². The van der Waals surface area contributed by atoms with Crippen LogP contribution in [-0.2, 0) is 10.0 Å². The van der Waals surface area contributed by atoms with E-state index >= 15 is 0 Å². The Kier molecular flexibility index (Phi) is 3.93. The molecule has 3 rings (SSSR count). The van der Waals surface area contributed by atoms with E-state index in [4.69, 9.17) is 0 Å². The first kappa shape index (κ1) is 15.1. The van der Waals surface area contributed by atoms with Gasteiger partial charge in [0.25, 0.3) is 10.0 Å². The Balaban J connectivity index is 2.07. The van der Waals surface area contributed by atoms with Crippen LogP contribution in [0, 0.1) is 6.92 Å². The number of fused-ring (bicyclic) bond motifs is 1. The number of nitrogens with one attached hydrogen (secondary N) is 1. The molecule has 0 aliphatic carbocycles. The summed E-state index contributed by atoms with van der Waals surface area (Å²) >= 11 is 3.33. The predicted molar refractivity (Wildman–Crippen MR) is 93.6 cm³/mol. The SMILES string of the molecule is Cc1ccc(S(=O)(=O)Nc2cccc3ccccc23)c(Br)c1. The van der Waals surface area contributed by atoms with Crippen molar-refractivity contribution < 1.29 is 8.42 Å². The summed E-state index contributed by atoms with van der Waals surface area (Å²) in [6, 6.07) is 18.4. The lowest BCUT2D eigenvalue weighted by Crippen LogP contribution is -2.13. The molecule has 0 heterocycles. The minimum atomic E-state index is -3.65. The second-order valence-electron chi connectivity index (χ2n) is 5.07. The lowest BCUT2D eigenvalue weighted by Gasteiger charge is -2.12. The Bertz CT molecular complexity index is 947. The summed E-state index contributed by atoms with van der Waals surface area (Å²) in [4.78, 5) is 0.228. The summed E-state index contributed by atoms with van der Waals surface area (Å²) in [5.74, 6) is 0. The molecule has 0 bridgehead atoms. The van der Waals surface area contributed by atoms with E-state index in [1.165, 1.54) is 0 Å². The van der Waals surface area contributed by atoms with Crippen LogP contribution < -0.4 is 4.72 Å². The topological polar surface area (TPSA) is 46.2 Å². The van der Waals surface area contributed by atoms with Gasteiger partial charge in [0.1, 0.15) is 4.90 Å². The van der Waals surface area contributed by atoms with Crippen LogP contribution in [0.4, 0.5) is 5.69 Å². The normalized spacial score (nSPS) is 11.5. The smallest absolute Gasteiger partial charge is 0.263 e. The molecular formula is C17H14BrNO2S. The van der Waals surface area contributed by atoms with Crippen LogP contribution in [0.1, 0.15) is 5.56 Å². The van der Waals surface area contributed by atoms with Crippen molar-refractivity contribution >= 4 is 42.4 Å². The van der Waals surface area contributed by atoms with Crippen LogP contribution in [-0.4, -0.2) is 8.42 Å². The van der Waals surface area contributed by atoms with Gasteiger partial charge in [-0.1, -0.05) is 42.5 Å². The van der Waals surface area contributed by atoms with Crippen molar-refractivity contribution in [1.82, 2.24) is 0 Å². The minimum absolute atomic E-state index is 0.228. The van der Waals surface area contributed by atoms with E-state index in [1.54, 1.807) is 24.3 Å². The zero-order valence-corrected chi connectivity index (χ0v) is 14.3. The fourth-order valence-electron chi connectivity index (χ4n) is 2.34. The minimum Gasteiger partial charge on any atom is -0.279 e. The van der Waals surface area contributed by atoms with Crippen molar-refractivity contribution in [2.75, 3.05) is 4.72 Å². The van der Waals surface area contributed by atoms with E-state index < -0.39 is 10.0 Å². The highest BCUT2D eigenvalue weighted by molar-refractivity contribution is 9.10. The summed E-state index contributed by atoms with van der Waals surface area (Å²) in [5, 5.41) is 1.86. The van der Waals surface area contributed by atoms with Gasteiger partial charge >= 0.3 is 0 Å². The first-order valence-electron chi connectivity index (χ1n) is 6.74. The molecule has 22 heavy (non-hydrogen) atoms. The number of anilines is 1. The third-order valence-electron chi connectivity index (χ3n) is 3.41. The molecule has 0 aromatic heterocycles. The Hall–Kier alpha value is -1.85. The lowest BCUT2D eigenvalue weighted by atomic mass is 10.1. The fourth-order valence-corrected chi connectivity index (χ4v) is 4.61. The molecule has 0 spiro atoms. The van der Waals surface area contributed by atoms with Crippen LogP contribution in [0.5, 0.6) is 0 Å². The zero-order chi connectivity index (χ0) is 15.7. The van der Waals surface area contributed by atoms with Crippen molar-refractivity contribution in [3.05, 3.63) is 70.7 Å². The molecule has 3 aromatic carbocycles. The maximum atomic E-state index is 12.6. The van der Waals surface area contributed by atoms with Crippen molar-refractivity contribution in [2.24, 2.45) is 0 Å². The lowest BCUT2D eigenvalue weighted by molar-refractivity contribution is 0.601. The maximum absolute atomic E-state index is 12.6. The Labute approximate surface area is 138 Å². The van der Waals surface area contributed by atoms with Gasteiger partial charge in [-0.25, -0.2) is 8.42 Å². The van der Waals surface area contributed by atoms with Gasteiger partial charge in [0, 0.05) is 9.86 Å². The summed E-state index contributed by atoms with van der Waals surface area (Å²) in [6.07, 6.45) is 0. The van der Waals surface area contributed by atoms with E-state index in [0.29, 0.717) is 10.2 Å². The van der Waals surface area contributed by atoms with Gasteiger partial charge in [0.2, 0.25) is 0 Å². The zero-order valence-electron chi connectivity index (χ0n) is 11.9. The van der Waals surface area contributed by atoms with E-state index in [2.05, 4.69) is 20.7 Å². The molecule has 1 N–H and O–H groups in total. The Morgan fingerprint density at radius 2 is 1.68 bits per heavy atom. The molecule has 0 unspecified atom stereocenters. The summed E-state index contributed by atoms with van der Waals surface area (Å²) in [6.45, 7) is 1.92. The van der Waals surface area contributed by atoms with Gasteiger partial charge in [-0.15, -0.1) is 0 Å². The molecule has 5 heteroatoms. The molecule has 0 amide bonds. The number of aryl methyl sites for hydroxylation is 1. The van der Waals surface area contributed by atoms with Crippen LogP contribution in [0.25, 0.3) is 10.8 Å². The number of sulfonamides is 1. The highest BCUT2D eigenvalue weighted by Crippen LogP contribution is 2.28. The number of hydrogen-bond acceptors (Lipinski definition) is 2. The van der Waals surface area contributed by atoms with E-state index in [-0.39, 0.29) is 4.90 Å². The fraction of sp³-hybridized carbons (Fsp3) is 0.0588. The van der Waals surface area contributed by atoms with Crippen molar-refractivity contribution in [2.45, 2.75) is 11.8 Å². The molecule has 0 radical (unpaired) electrons. The van der Waals surface area contributed by atoms with Crippen molar-refractivity contribution in [3.63, 3.8) is 0 Å². The average Bonchev–Trinajstić information content (AvgIpc) is 2.47. The van der Waals surface area contributed by atoms with Crippen molar-refractivity contribution in [1.29, 1.82) is 0 Å². The van der Waals surface area contributed by atoms with E-state index in [9.17, 15) is 8.42 Å². The van der Waals surface area contributed by atoms with Crippen LogP contribution in [0.2, 0.25) is 0 Å². The second kappa shape index (κ2) is 5.74. The van der Waals surface area contributed by atoms with Crippen molar-refractivity contribution in [3.8, 4) is 0 Å². The molecule has 0 aliphatic rings. The molecule has 112 valence electrons. The van der Waals surface area contributed by atoms with Crippen LogP contribution in [0.15, 0.2) is 70.0 Å². The summed E-state index contributed by atoms with van der Waals surface area (Å²) in [5.41, 5.74) is 1.57.